The Balaban J connectivity index is 2.87. The number of rotatable bonds is 1. The van der Waals surface area contributed by atoms with Crippen LogP contribution in [0.3, 0.4) is 0 Å². The molecule has 2 N–H and O–H groups in total. The second-order valence-electron chi connectivity index (χ2n) is 1.80. The maximum absolute atomic E-state index is 5.29. The lowest BCUT2D eigenvalue weighted by Crippen LogP contribution is -2.04. The molecule has 0 aliphatic heterocycles. The zero-order valence-corrected chi connectivity index (χ0v) is 5.65. The lowest BCUT2D eigenvalue weighted by atomic mass is 10.6. The third-order valence-corrected chi connectivity index (χ3v) is 0.828. The van der Waals surface area contributed by atoms with Gasteiger partial charge in [0, 0.05) is 12.4 Å². The van der Waals surface area contributed by atoms with Gasteiger partial charge in [-0.2, -0.15) is 4.99 Å². The van der Waals surface area contributed by atoms with E-state index < -0.39 is 0 Å². The van der Waals surface area contributed by atoms with Crippen LogP contribution in [0.25, 0.3) is 0 Å². The maximum atomic E-state index is 5.29. The van der Waals surface area contributed by atoms with Gasteiger partial charge in [0.25, 0.3) is 5.95 Å². The molecule has 0 spiro atoms. The van der Waals surface area contributed by atoms with Crippen molar-refractivity contribution in [1.82, 2.24) is 9.97 Å². The fourth-order valence-electron chi connectivity index (χ4n) is 0.507. The number of aromatic nitrogens is 2. The van der Waals surface area contributed by atoms with Gasteiger partial charge < -0.3 is 5.73 Å². The Bertz CT molecular complexity index is 225. The summed E-state index contributed by atoms with van der Waals surface area (Å²) < 4.78 is 0. The number of amidine groups is 1. The van der Waals surface area contributed by atoms with Crippen LogP contribution in [0.2, 0.25) is 0 Å². The molecule has 0 saturated heterocycles. The summed E-state index contributed by atoms with van der Waals surface area (Å²) >= 11 is 0. The van der Waals surface area contributed by atoms with Crippen molar-refractivity contribution < 1.29 is 0 Å². The summed E-state index contributed by atoms with van der Waals surface area (Å²) in [6, 6.07) is 1.73. The van der Waals surface area contributed by atoms with Gasteiger partial charge in [-0.05, 0) is 13.0 Å². The van der Waals surface area contributed by atoms with E-state index in [2.05, 4.69) is 15.0 Å². The highest BCUT2D eigenvalue weighted by Crippen LogP contribution is 1.97. The number of nitrogens with two attached hydrogens (primary N) is 1. The third-order valence-electron chi connectivity index (χ3n) is 0.828. The summed E-state index contributed by atoms with van der Waals surface area (Å²) in [7, 11) is 0. The molecule has 10 heavy (non-hydrogen) atoms. The lowest BCUT2D eigenvalue weighted by molar-refractivity contribution is 1.13. The van der Waals surface area contributed by atoms with Crippen LogP contribution in [0.1, 0.15) is 6.92 Å². The van der Waals surface area contributed by atoms with E-state index >= 15 is 0 Å². The predicted octanol–water partition coefficient (Wildman–Crippen LogP) is 0.485. The van der Waals surface area contributed by atoms with E-state index in [1.807, 2.05) is 0 Å². The molecule has 0 aliphatic carbocycles. The van der Waals surface area contributed by atoms with E-state index in [1.54, 1.807) is 25.4 Å². The van der Waals surface area contributed by atoms with Crippen molar-refractivity contribution in [3.05, 3.63) is 18.5 Å². The van der Waals surface area contributed by atoms with E-state index in [0.717, 1.165) is 0 Å². The van der Waals surface area contributed by atoms with E-state index in [9.17, 15) is 0 Å². The Kier molecular flexibility index (Phi) is 1.94. The van der Waals surface area contributed by atoms with Crippen LogP contribution in [0.5, 0.6) is 0 Å². The van der Waals surface area contributed by atoms with Gasteiger partial charge in [-0.25, -0.2) is 9.97 Å². The Labute approximate surface area is 58.8 Å². The molecule has 0 saturated carbocycles. The number of nitrogens with zero attached hydrogens (tertiary/aromatic N) is 3. The number of hydrogen-bond donors (Lipinski definition) is 1. The second-order valence-corrected chi connectivity index (χ2v) is 1.80. The van der Waals surface area contributed by atoms with Crippen LogP contribution in [0.4, 0.5) is 5.95 Å². The van der Waals surface area contributed by atoms with Crippen molar-refractivity contribution in [1.29, 1.82) is 0 Å². The van der Waals surface area contributed by atoms with Crippen LogP contribution in [0.15, 0.2) is 23.5 Å². The van der Waals surface area contributed by atoms with Crippen LogP contribution in [-0.4, -0.2) is 15.8 Å². The highest BCUT2D eigenvalue weighted by molar-refractivity contribution is 5.79. The molecular weight excluding hydrogens is 128 g/mol. The van der Waals surface area contributed by atoms with Crippen molar-refractivity contribution in [2.45, 2.75) is 6.92 Å². The first-order valence-electron chi connectivity index (χ1n) is 2.87. The summed E-state index contributed by atoms with van der Waals surface area (Å²) in [5.41, 5.74) is 5.29. The largest absolute Gasteiger partial charge is 0.387 e. The molecule has 1 aromatic rings. The van der Waals surface area contributed by atoms with Gasteiger partial charge in [-0.3, -0.25) is 0 Å². The predicted molar refractivity (Wildman–Crippen MR) is 39.0 cm³/mol. The molecular formula is C6H8N4. The fourth-order valence-corrected chi connectivity index (χ4v) is 0.507. The van der Waals surface area contributed by atoms with Gasteiger partial charge >= 0.3 is 0 Å². The minimum atomic E-state index is 0.405. The molecule has 52 valence electrons. The SMILES string of the molecule is CC(N)=Nc1ncccn1. The minimum Gasteiger partial charge on any atom is -0.387 e. The zero-order valence-electron chi connectivity index (χ0n) is 5.65. The fraction of sp³-hybridized carbons (Fsp3) is 0.167. The Morgan fingerprint density at radius 3 is 2.60 bits per heavy atom. The van der Waals surface area contributed by atoms with Crippen LogP contribution < -0.4 is 5.73 Å². The van der Waals surface area contributed by atoms with Gasteiger partial charge in [0.2, 0.25) is 0 Å². The first-order valence-corrected chi connectivity index (χ1v) is 2.87. The molecule has 4 nitrogen and oxygen atoms in total. The first-order chi connectivity index (χ1) is 4.79. The molecule has 0 aromatic carbocycles. The molecule has 0 aliphatic rings. The summed E-state index contributed by atoms with van der Waals surface area (Å²) in [6.45, 7) is 1.69. The quantitative estimate of drug-likeness (QED) is 0.451. The van der Waals surface area contributed by atoms with Gasteiger partial charge in [-0.15, -0.1) is 0 Å². The molecule has 1 heterocycles. The third kappa shape index (κ3) is 1.81. The summed E-state index contributed by atoms with van der Waals surface area (Å²) in [4.78, 5) is 11.5. The van der Waals surface area contributed by atoms with E-state index in [0.29, 0.717) is 11.8 Å². The van der Waals surface area contributed by atoms with E-state index in [1.165, 1.54) is 0 Å². The average Bonchev–Trinajstić information content (AvgIpc) is 1.88. The number of hydrogen-bond acceptors (Lipinski definition) is 3. The molecule has 0 amide bonds. The topological polar surface area (TPSA) is 64.2 Å². The second kappa shape index (κ2) is 2.91. The summed E-state index contributed by atoms with van der Waals surface area (Å²) in [6.07, 6.45) is 3.24. The molecule has 0 atom stereocenters. The minimum absolute atomic E-state index is 0.405. The van der Waals surface area contributed by atoms with Gasteiger partial charge in [0.1, 0.15) is 0 Å². The molecule has 1 rings (SSSR count). The summed E-state index contributed by atoms with van der Waals surface area (Å²) in [5, 5.41) is 0. The average molecular weight is 136 g/mol. The normalized spacial score (nSPS) is 11.5. The highest BCUT2D eigenvalue weighted by atomic mass is 15.1. The van der Waals surface area contributed by atoms with Gasteiger partial charge in [0.15, 0.2) is 0 Å². The van der Waals surface area contributed by atoms with Crippen LogP contribution >= 0.6 is 0 Å². The van der Waals surface area contributed by atoms with E-state index in [-0.39, 0.29) is 0 Å². The zero-order chi connectivity index (χ0) is 7.40. The van der Waals surface area contributed by atoms with Gasteiger partial charge in [0.05, 0.1) is 5.84 Å². The standard InChI is InChI=1S/C6H8N4/c1-5(7)10-6-8-3-2-4-9-6/h2-4H,1H3,(H2,7,8,9,10). The van der Waals surface area contributed by atoms with Crippen molar-refractivity contribution in [2.75, 3.05) is 0 Å². The number of aliphatic imine (C=N–C) groups is 1. The Morgan fingerprint density at radius 2 is 2.10 bits per heavy atom. The van der Waals surface area contributed by atoms with E-state index in [4.69, 9.17) is 5.73 Å². The summed E-state index contributed by atoms with van der Waals surface area (Å²) in [5.74, 6) is 0.869. The molecule has 0 radical (unpaired) electrons. The highest BCUT2D eigenvalue weighted by Gasteiger charge is 1.86. The monoisotopic (exact) mass is 136 g/mol. The molecule has 1 aromatic heterocycles. The Hall–Kier alpha value is -1.45. The molecule has 4 heteroatoms. The van der Waals surface area contributed by atoms with Crippen molar-refractivity contribution >= 4 is 11.8 Å². The van der Waals surface area contributed by atoms with Crippen molar-refractivity contribution in [3.63, 3.8) is 0 Å². The van der Waals surface area contributed by atoms with Crippen LogP contribution in [0, 0.1) is 0 Å². The molecule has 0 bridgehead atoms. The van der Waals surface area contributed by atoms with Crippen molar-refractivity contribution in [2.24, 2.45) is 10.7 Å². The first kappa shape index (κ1) is 6.67. The van der Waals surface area contributed by atoms with Crippen molar-refractivity contribution in [3.8, 4) is 0 Å². The van der Waals surface area contributed by atoms with Crippen LogP contribution in [-0.2, 0) is 0 Å². The molecule has 0 fully saturated rings. The molecule has 0 unspecified atom stereocenters. The lowest BCUT2D eigenvalue weighted by Gasteiger charge is -1.89. The smallest absolute Gasteiger partial charge is 0.250 e. The van der Waals surface area contributed by atoms with Gasteiger partial charge in [-0.1, -0.05) is 0 Å². The maximum Gasteiger partial charge on any atom is 0.250 e. The Morgan fingerprint density at radius 1 is 1.50 bits per heavy atom.